The second-order valence-electron chi connectivity index (χ2n) is 6.37. The molecule has 130 valence electrons. The smallest absolute Gasteiger partial charge is 0.246 e. The molecule has 0 radical (unpaired) electrons. The second kappa shape index (κ2) is 7.38. The molecule has 1 aliphatic heterocycles. The van der Waals surface area contributed by atoms with Gasteiger partial charge in [-0.3, -0.25) is 9.59 Å². The fraction of sp³-hybridized carbons (Fsp3) is 0.300. The summed E-state index contributed by atoms with van der Waals surface area (Å²) in [5.41, 5.74) is 3.61. The molecule has 2 amide bonds. The van der Waals surface area contributed by atoms with Crippen molar-refractivity contribution in [1.29, 1.82) is 0 Å². The maximum absolute atomic E-state index is 12.4. The van der Waals surface area contributed by atoms with Crippen molar-refractivity contribution in [1.82, 2.24) is 0 Å². The highest BCUT2D eigenvalue weighted by molar-refractivity contribution is 5.97. The number of nitrogens with one attached hydrogen (secondary N) is 2. The number of hydrogen-bond donors (Lipinski definition) is 2. The van der Waals surface area contributed by atoms with Crippen molar-refractivity contribution < 1.29 is 9.59 Å². The van der Waals surface area contributed by atoms with Gasteiger partial charge < -0.3 is 15.5 Å². The molecule has 0 aliphatic carbocycles. The van der Waals surface area contributed by atoms with Gasteiger partial charge in [-0.15, -0.1) is 0 Å². The molecule has 1 heterocycles. The summed E-state index contributed by atoms with van der Waals surface area (Å²) in [7, 11) is 0. The Labute approximate surface area is 148 Å². The Kier molecular flexibility index (Phi) is 5.03. The van der Waals surface area contributed by atoms with Gasteiger partial charge in [0.2, 0.25) is 11.8 Å². The number of aryl methyl sites for hydroxylation is 1. The second-order valence-corrected chi connectivity index (χ2v) is 6.37. The summed E-state index contributed by atoms with van der Waals surface area (Å²) < 4.78 is 0. The van der Waals surface area contributed by atoms with Crippen LogP contribution >= 0.6 is 0 Å². The molecule has 25 heavy (non-hydrogen) atoms. The molecule has 3 rings (SSSR count). The lowest BCUT2D eigenvalue weighted by molar-refractivity contribution is -0.117. The Morgan fingerprint density at radius 2 is 1.84 bits per heavy atom. The number of rotatable bonds is 5. The van der Waals surface area contributed by atoms with E-state index < -0.39 is 0 Å². The van der Waals surface area contributed by atoms with Crippen LogP contribution in [0.25, 0.3) is 0 Å². The fourth-order valence-electron chi connectivity index (χ4n) is 2.93. The molecule has 0 unspecified atom stereocenters. The van der Waals surface area contributed by atoms with Gasteiger partial charge in [0.25, 0.3) is 0 Å². The van der Waals surface area contributed by atoms with Crippen molar-refractivity contribution in [2.45, 2.75) is 32.7 Å². The Balaban J connectivity index is 1.60. The SMILES string of the molecule is Cc1ccccc1NC(=O)[C@@H](C)Nc1ccc(N2CCCC2=O)cc1. The number of para-hydroxylation sites is 1. The minimum Gasteiger partial charge on any atom is -0.374 e. The summed E-state index contributed by atoms with van der Waals surface area (Å²) in [5, 5.41) is 6.13. The summed E-state index contributed by atoms with van der Waals surface area (Å²) in [6.07, 6.45) is 1.53. The molecule has 1 saturated heterocycles. The van der Waals surface area contributed by atoms with Crippen LogP contribution in [0, 0.1) is 6.92 Å². The Morgan fingerprint density at radius 3 is 2.48 bits per heavy atom. The van der Waals surface area contributed by atoms with Gasteiger partial charge in [-0.25, -0.2) is 0 Å². The fourth-order valence-corrected chi connectivity index (χ4v) is 2.93. The maximum atomic E-state index is 12.4. The van der Waals surface area contributed by atoms with Crippen LogP contribution < -0.4 is 15.5 Å². The topological polar surface area (TPSA) is 61.4 Å². The van der Waals surface area contributed by atoms with Gasteiger partial charge in [0.15, 0.2) is 0 Å². The Morgan fingerprint density at radius 1 is 1.12 bits per heavy atom. The Hall–Kier alpha value is -2.82. The van der Waals surface area contributed by atoms with Crippen LogP contribution in [0.4, 0.5) is 17.1 Å². The molecule has 5 nitrogen and oxygen atoms in total. The lowest BCUT2D eigenvalue weighted by atomic mass is 10.2. The Bertz CT molecular complexity index is 771. The average Bonchev–Trinajstić information content (AvgIpc) is 3.03. The van der Waals surface area contributed by atoms with Crippen LogP contribution in [0.3, 0.4) is 0 Å². The third kappa shape index (κ3) is 3.99. The zero-order valence-corrected chi connectivity index (χ0v) is 14.6. The molecule has 2 N–H and O–H groups in total. The number of anilines is 3. The first-order valence-corrected chi connectivity index (χ1v) is 8.58. The van der Waals surface area contributed by atoms with Crippen molar-refractivity contribution in [2.24, 2.45) is 0 Å². The van der Waals surface area contributed by atoms with E-state index in [2.05, 4.69) is 10.6 Å². The normalized spacial score (nSPS) is 15.1. The van der Waals surface area contributed by atoms with Gasteiger partial charge in [0, 0.05) is 30.0 Å². The molecule has 1 atom stereocenters. The van der Waals surface area contributed by atoms with Gasteiger partial charge in [-0.2, -0.15) is 0 Å². The van der Waals surface area contributed by atoms with Gasteiger partial charge in [0.05, 0.1) is 0 Å². The summed E-state index contributed by atoms with van der Waals surface area (Å²) >= 11 is 0. The molecular formula is C20H23N3O2. The molecule has 0 bridgehead atoms. The van der Waals surface area contributed by atoms with E-state index in [9.17, 15) is 9.59 Å². The molecule has 5 heteroatoms. The predicted molar refractivity (Wildman–Crippen MR) is 101 cm³/mol. The quantitative estimate of drug-likeness (QED) is 0.877. The van der Waals surface area contributed by atoms with Crippen molar-refractivity contribution in [3.63, 3.8) is 0 Å². The summed E-state index contributed by atoms with van der Waals surface area (Å²) in [6, 6.07) is 15.0. The number of carbonyl (C=O) groups excluding carboxylic acids is 2. The monoisotopic (exact) mass is 337 g/mol. The molecule has 2 aromatic rings. The number of hydrogen-bond acceptors (Lipinski definition) is 3. The lowest BCUT2D eigenvalue weighted by Gasteiger charge is -2.18. The molecule has 2 aromatic carbocycles. The van der Waals surface area contributed by atoms with Crippen molar-refractivity contribution in [3.8, 4) is 0 Å². The maximum Gasteiger partial charge on any atom is 0.246 e. The standard InChI is InChI=1S/C20H23N3O2/c1-14-6-3-4-7-18(14)22-20(25)15(2)21-16-9-11-17(12-10-16)23-13-5-8-19(23)24/h3-4,6-7,9-12,15,21H,5,8,13H2,1-2H3,(H,22,25)/t15-/m1/s1. The van der Waals surface area contributed by atoms with E-state index in [4.69, 9.17) is 0 Å². The van der Waals surface area contributed by atoms with Crippen molar-refractivity contribution in [2.75, 3.05) is 22.1 Å². The number of amides is 2. The molecule has 0 spiro atoms. The summed E-state index contributed by atoms with van der Waals surface area (Å²) in [5.74, 6) is 0.0831. The average molecular weight is 337 g/mol. The highest BCUT2D eigenvalue weighted by Gasteiger charge is 2.21. The lowest BCUT2D eigenvalue weighted by Crippen LogP contribution is -2.32. The van der Waals surface area contributed by atoms with E-state index in [0.29, 0.717) is 6.42 Å². The van der Waals surface area contributed by atoms with Gasteiger partial charge >= 0.3 is 0 Å². The number of carbonyl (C=O) groups is 2. The van der Waals surface area contributed by atoms with Crippen LogP contribution in [0.5, 0.6) is 0 Å². The van der Waals surface area contributed by atoms with E-state index in [0.717, 1.165) is 35.6 Å². The minimum absolute atomic E-state index is 0.0897. The number of nitrogens with zero attached hydrogens (tertiary/aromatic N) is 1. The molecule has 1 aliphatic rings. The van der Waals surface area contributed by atoms with Gasteiger partial charge in [-0.1, -0.05) is 18.2 Å². The minimum atomic E-state index is -0.376. The first kappa shape index (κ1) is 17.0. The number of benzene rings is 2. The van der Waals surface area contributed by atoms with Crippen LogP contribution in [-0.4, -0.2) is 24.4 Å². The summed E-state index contributed by atoms with van der Waals surface area (Å²) in [4.78, 5) is 26.0. The highest BCUT2D eigenvalue weighted by atomic mass is 16.2. The van der Waals surface area contributed by atoms with Crippen molar-refractivity contribution in [3.05, 3.63) is 54.1 Å². The molecule has 0 aromatic heterocycles. The largest absolute Gasteiger partial charge is 0.374 e. The molecule has 0 saturated carbocycles. The van der Waals surface area contributed by atoms with Crippen LogP contribution in [0.2, 0.25) is 0 Å². The van der Waals surface area contributed by atoms with Crippen LogP contribution in [0.1, 0.15) is 25.3 Å². The highest BCUT2D eigenvalue weighted by Crippen LogP contribution is 2.23. The first-order chi connectivity index (χ1) is 12.0. The first-order valence-electron chi connectivity index (χ1n) is 8.58. The van der Waals surface area contributed by atoms with Crippen LogP contribution in [-0.2, 0) is 9.59 Å². The van der Waals surface area contributed by atoms with E-state index in [1.54, 1.807) is 4.90 Å². The summed E-state index contributed by atoms with van der Waals surface area (Å²) in [6.45, 7) is 4.57. The van der Waals surface area contributed by atoms with E-state index in [-0.39, 0.29) is 17.9 Å². The van der Waals surface area contributed by atoms with Gasteiger partial charge in [-0.05, 0) is 56.2 Å². The van der Waals surface area contributed by atoms with Gasteiger partial charge in [0.1, 0.15) is 6.04 Å². The van der Waals surface area contributed by atoms with Crippen LogP contribution in [0.15, 0.2) is 48.5 Å². The third-order valence-corrected chi connectivity index (χ3v) is 4.43. The van der Waals surface area contributed by atoms with Crippen molar-refractivity contribution >= 4 is 28.9 Å². The predicted octanol–water partition coefficient (Wildman–Crippen LogP) is 3.56. The zero-order valence-electron chi connectivity index (χ0n) is 14.6. The van der Waals surface area contributed by atoms with E-state index in [1.165, 1.54) is 0 Å². The third-order valence-electron chi connectivity index (χ3n) is 4.43. The zero-order chi connectivity index (χ0) is 17.8. The van der Waals surface area contributed by atoms with E-state index in [1.807, 2.05) is 62.4 Å². The molecule has 1 fully saturated rings. The van der Waals surface area contributed by atoms with E-state index >= 15 is 0 Å². The molecular weight excluding hydrogens is 314 g/mol.